The molecule has 0 saturated heterocycles. The van der Waals surface area contributed by atoms with Crippen molar-refractivity contribution in [2.24, 2.45) is 0 Å². The third kappa shape index (κ3) is 10.6. The molecule has 0 bridgehead atoms. The smallest absolute Gasteiger partial charge is 0.137 e. The molecule has 12 aromatic rings. The topological polar surface area (TPSA) is 36.8 Å². The molecule has 1 aliphatic heterocycles. The Kier molecular flexibility index (Phi) is 13.8. The normalized spacial score (nSPS) is 12.7. The number of benzene rings is 10. The van der Waals surface area contributed by atoms with E-state index in [1.165, 1.54) is 16.7 Å². The number of rotatable bonds is 11. The fraction of sp³-hybridized carbons (Fsp3) is 0.167. The van der Waals surface area contributed by atoms with Gasteiger partial charge in [0.2, 0.25) is 0 Å². The summed E-state index contributed by atoms with van der Waals surface area (Å²) in [6.45, 7) is 20.9. The fourth-order valence-electron chi connectivity index (χ4n) is 12.0. The van der Waals surface area contributed by atoms with Gasteiger partial charge in [-0.2, -0.15) is 0 Å². The average molecular weight is 1110 g/mol. The minimum atomic E-state index is -0.279. The molecule has 0 atom stereocenters. The highest BCUT2D eigenvalue weighted by Crippen LogP contribution is 2.53. The van der Waals surface area contributed by atoms with Crippen molar-refractivity contribution in [3.63, 3.8) is 0 Å². The molecule has 420 valence electrons. The first-order valence-corrected chi connectivity index (χ1v) is 29.5. The Morgan fingerprint density at radius 3 is 1.61 bits per heavy atom. The molecule has 13 rings (SSSR count). The number of nitrogens with zero attached hydrogens (tertiary/aromatic N) is 5. The molecule has 0 unspecified atom stereocenters. The van der Waals surface area contributed by atoms with Gasteiger partial charge in [-0.25, -0.2) is 9.37 Å². The second-order valence-electron chi connectivity index (χ2n) is 25.6. The number of ether oxygens (including phenoxy) is 1. The lowest BCUT2D eigenvalue weighted by molar-refractivity contribution is 0.483. The quantitative estimate of drug-likeness (QED) is 0.129. The summed E-state index contributed by atoms with van der Waals surface area (Å²) in [5.74, 6) is 1.94. The lowest BCUT2D eigenvalue weighted by Crippen LogP contribution is -2.25. The van der Waals surface area contributed by atoms with Crippen molar-refractivity contribution in [1.82, 2.24) is 9.55 Å². The molecule has 7 heteroatoms. The zero-order valence-corrected chi connectivity index (χ0v) is 49.9. The van der Waals surface area contributed by atoms with Crippen LogP contribution in [0.15, 0.2) is 249 Å². The lowest BCUT2D eigenvalue weighted by Gasteiger charge is -2.31. The Labute approximate surface area is 499 Å². The van der Waals surface area contributed by atoms with E-state index in [9.17, 15) is 0 Å². The van der Waals surface area contributed by atoms with Crippen LogP contribution in [-0.2, 0) is 16.2 Å². The standard InChI is InChI=1S/C78H70FN5O/c1-76(2,3)56-39-40-80-74(46-56)84-70-30-20-19-29-66(70)67-38-37-64(50-73(67)84)85-65-48-62(47-63(49-65)83(60-25-15-11-16-26-60)61-27-17-12-18-28-61)81-51-82(72-32-22-21-31-71(72)81)75-68(53-33-35-59(79)36-34-53)43-54(52-23-13-10-14-24-52)44-69(75)55-41-57(77(4,5)6)45-58(42-55)78(7,8)9/h10-50H,51H2,1-9H3. The van der Waals surface area contributed by atoms with E-state index < -0.39 is 0 Å². The summed E-state index contributed by atoms with van der Waals surface area (Å²) in [4.78, 5) is 12.2. The summed E-state index contributed by atoms with van der Waals surface area (Å²) >= 11 is 0. The molecule has 0 N–H and O–H groups in total. The van der Waals surface area contributed by atoms with E-state index >= 15 is 4.39 Å². The molecule has 0 saturated carbocycles. The number of halogens is 1. The van der Waals surface area contributed by atoms with Crippen molar-refractivity contribution >= 4 is 61.6 Å². The van der Waals surface area contributed by atoms with Crippen LogP contribution >= 0.6 is 0 Å². The van der Waals surface area contributed by atoms with Crippen LogP contribution in [0.3, 0.4) is 0 Å². The molecule has 2 aromatic heterocycles. The van der Waals surface area contributed by atoms with Crippen LogP contribution in [0.2, 0.25) is 0 Å². The maximum Gasteiger partial charge on any atom is 0.137 e. The first-order valence-electron chi connectivity index (χ1n) is 29.5. The van der Waals surface area contributed by atoms with Gasteiger partial charge in [0.05, 0.1) is 33.8 Å². The van der Waals surface area contributed by atoms with Gasteiger partial charge >= 0.3 is 0 Å². The Morgan fingerprint density at radius 1 is 0.412 bits per heavy atom. The van der Waals surface area contributed by atoms with Crippen LogP contribution in [0.5, 0.6) is 11.5 Å². The van der Waals surface area contributed by atoms with Crippen molar-refractivity contribution < 1.29 is 9.13 Å². The van der Waals surface area contributed by atoms with Gasteiger partial charge in [-0.15, -0.1) is 0 Å². The molecule has 85 heavy (non-hydrogen) atoms. The van der Waals surface area contributed by atoms with E-state index in [1.807, 2.05) is 18.3 Å². The molecule has 0 fully saturated rings. The minimum Gasteiger partial charge on any atom is -0.457 e. The van der Waals surface area contributed by atoms with Crippen LogP contribution in [0.4, 0.5) is 44.2 Å². The molecule has 0 aliphatic carbocycles. The van der Waals surface area contributed by atoms with Gasteiger partial charge in [0.1, 0.15) is 29.8 Å². The van der Waals surface area contributed by atoms with Crippen LogP contribution in [0.25, 0.3) is 61.0 Å². The zero-order chi connectivity index (χ0) is 58.8. The summed E-state index contributed by atoms with van der Waals surface area (Å²) in [5.41, 5.74) is 18.7. The predicted octanol–water partition coefficient (Wildman–Crippen LogP) is 21.7. The second kappa shape index (κ2) is 21.5. The summed E-state index contributed by atoms with van der Waals surface area (Å²) < 4.78 is 24.7. The maximum atomic E-state index is 15.1. The molecule has 0 amide bonds. The first-order chi connectivity index (χ1) is 40.9. The molecule has 0 radical (unpaired) electrons. The Hall–Kier alpha value is -9.72. The first kappa shape index (κ1) is 54.5. The van der Waals surface area contributed by atoms with E-state index in [0.29, 0.717) is 18.2 Å². The molecule has 6 nitrogen and oxygen atoms in total. The Morgan fingerprint density at radius 2 is 0.976 bits per heavy atom. The second-order valence-corrected chi connectivity index (χ2v) is 25.6. The zero-order valence-electron chi connectivity index (χ0n) is 49.9. The number of hydrogen-bond donors (Lipinski definition) is 0. The number of para-hydroxylation sites is 5. The van der Waals surface area contributed by atoms with E-state index in [4.69, 9.17) is 9.72 Å². The number of hydrogen-bond acceptors (Lipinski definition) is 5. The van der Waals surface area contributed by atoms with Crippen LogP contribution in [0, 0.1) is 5.82 Å². The highest BCUT2D eigenvalue weighted by atomic mass is 19.1. The van der Waals surface area contributed by atoms with Crippen molar-refractivity contribution in [3.05, 3.63) is 271 Å². The van der Waals surface area contributed by atoms with Crippen LogP contribution in [0.1, 0.15) is 79.0 Å². The third-order valence-electron chi connectivity index (χ3n) is 16.6. The number of anilines is 7. The van der Waals surface area contributed by atoms with E-state index in [0.717, 1.165) is 101 Å². The van der Waals surface area contributed by atoms with E-state index in [2.05, 4.69) is 300 Å². The number of aromatic nitrogens is 2. The summed E-state index contributed by atoms with van der Waals surface area (Å²) in [6, 6.07) is 85.1. The molecular weight excluding hydrogens is 1040 g/mol. The SMILES string of the molecule is CC(C)(C)c1cc(-c2cc(-c3ccccc3)cc(-c3ccc(F)cc3)c2N2CN(c3cc(Oc4ccc5c6ccccc6n(-c6cc(C(C)(C)C)ccn6)c5c4)cc(N(c4ccccc4)c4ccccc4)c3)c3ccccc32)cc(C(C)(C)C)c1. The van der Waals surface area contributed by atoms with Crippen molar-refractivity contribution in [1.29, 1.82) is 0 Å². The Balaban J connectivity index is 1.02. The molecule has 3 heterocycles. The summed E-state index contributed by atoms with van der Waals surface area (Å²) in [6.07, 6.45) is 1.92. The van der Waals surface area contributed by atoms with Crippen LogP contribution < -0.4 is 19.4 Å². The van der Waals surface area contributed by atoms with Crippen molar-refractivity contribution in [2.45, 2.75) is 78.6 Å². The van der Waals surface area contributed by atoms with Gasteiger partial charge in [-0.1, -0.05) is 190 Å². The lowest BCUT2D eigenvalue weighted by atomic mass is 9.78. The van der Waals surface area contributed by atoms with Crippen LogP contribution in [-0.4, -0.2) is 16.2 Å². The number of fused-ring (bicyclic) bond motifs is 4. The van der Waals surface area contributed by atoms with Gasteiger partial charge in [-0.05, 0) is 152 Å². The van der Waals surface area contributed by atoms with Crippen molar-refractivity contribution in [2.75, 3.05) is 21.4 Å². The average Bonchev–Trinajstić information content (AvgIpc) is 2.73. The van der Waals surface area contributed by atoms with E-state index in [1.54, 1.807) is 12.1 Å². The van der Waals surface area contributed by atoms with Crippen molar-refractivity contribution in [3.8, 4) is 50.7 Å². The third-order valence-corrected chi connectivity index (χ3v) is 16.6. The monoisotopic (exact) mass is 1110 g/mol. The van der Waals surface area contributed by atoms with Gasteiger partial charge in [0, 0.05) is 63.4 Å². The van der Waals surface area contributed by atoms with Gasteiger partial charge in [0.25, 0.3) is 0 Å². The van der Waals surface area contributed by atoms with E-state index in [-0.39, 0.29) is 22.1 Å². The van der Waals surface area contributed by atoms with Gasteiger partial charge < -0.3 is 19.4 Å². The predicted molar refractivity (Wildman–Crippen MR) is 354 cm³/mol. The molecular formula is C78H70FN5O. The largest absolute Gasteiger partial charge is 0.457 e. The fourth-order valence-corrected chi connectivity index (χ4v) is 12.0. The summed E-state index contributed by atoms with van der Waals surface area (Å²) in [7, 11) is 0. The molecule has 1 aliphatic rings. The molecule has 10 aromatic carbocycles. The van der Waals surface area contributed by atoms with Gasteiger partial charge in [-0.3, -0.25) is 4.57 Å². The minimum absolute atomic E-state index is 0.0674. The highest BCUT2D eigenvalue weighted by Gasteiger charge is 2.34. The Bertz CT molecular complexity index is 4360. The highest BCUT2D eigenvalue weighted by molar-refractivity contribution is 6.09. The number of pyridine rings is 1. The maximum absolute atomic E-state index is 15.1. The molecule has 0 spiro atoms. The summed E-state index contributed by atoms with van der Waals surface area (Å²) in [5, 5.41) is 2.26. The van der Waals surface area contributed by atoms with Gasteiger partial charge in [0.15, 0.2) is 0 Å².